The van der Waals surface area contributed by atoms with E-state index in [4.69, 9.17) is 14.0 Å². The number of carbonyl (C=O) groups excluding carboxylic acids is 1. The van der Waals surface area contributed by atoms with E-state index in [1.54, 1.807) is 18.2 Å². The number of amides is 1. The van der Waals surface area contributed by atoms with E-state index in [2.05, 4.69) is 5.32 Å². The van der Waals surface area contributed by atoms with E-state index in [0.717, 1.165) is 6.26 Å². The molecule has 1 fully saturated rings. The highest BCUT2D eigenvalue weighted by atomic mass is 32.2. The molecule has 0 aliphatic carbocycles. The number of aliphatic hydroxyl groups is 3. The smallest absolute Gasteiger partial charge is 0.264 e. The molecular weight excluding hydrogens is 342 g/mol. The first kappa shape index (κ1) is 18.8. The summed E-state index contributed by atoms with van der Waals surface area (Å²) >= 11 is 0. The van der Waals surface area contributed by atoms with Gasteiger partial charge in [-0.3, -0.25) is 8.98 Å². The molecule has 9 nitrogen and oxygen atoms in total. The van der Waals surface area contributed by atoms with Gasteiger partial charge in [-0.1, -0.05) is 18.2 Å². The number of ether oxygens (including phenoxy) is 1. The molecule has 4 N–H and O–H groups in total. The minimum Gasteiger partial charge on any atom is -0.394 e. The van der Waals surface area contributed by atoms with Crippen LogP contribution in [0.5, 0.6) is 0 Å². The molecule has 5 atom stereocenters. The molecule has 0 radical (unpaired) electrons. The number of nitrogens with one attached hydrogen (secondary N) is 1. The molecule has 1 heterocycles. The van der Waals surface area contributed by atoms with E-state index in [-0.39, 0.29) is 5.56 Å². The molecule has 1 aromatic carbocycles. The van der Waals surface area contributed by atoms with Crippen molar-refractivity contribution in [1.82, 2.24) is 5.32 Å². The third kappa shape index (κ3) is 4.50. The maximum absolute atomic E-state index is 12.2. The summed E-state index contributed by atoms with van der Waals surface area (Å²) in [5.41, 5.74) is 0.265. The molecule has 134 valence electrons. The van der Waals surface area contributed by atoms with Gasteiger partial charge in [0.1, 0.15) is 24.4 Å². The van der Waals surface area contributed by atoms with Crippen molar-refractivity contribution in [3.8, 4) is 0 Å². The lowest BCUT2D eigenvalue weighted by molar-refractivity contribution is -0.247. The highest BCUT2D eigenvalue weighted by Gasteiger charge is 2.47. The quantitative estimate of drug-likeness (QED) is 0.450. The van der Waals surface area contributed by atoms with Crippen molar-refractivity contribution < 1.29 is 37.5 Å². The van der Waals surface area contributed by atoms with Crippen molar-refractivity contribution in [1.29, 1.82) is 0 Å². The first-order valence-electron chi connectivity index (χ1n) is 7.09. The van der Waals surface area contributed by atoms with Crippen LogP contribution >= 0.6 is 0 Å². The number of benzene rings is 1. The largest absolute Gasteiger partial charge is 0.394 e. The van der Waals surface area contributed by atoms with E-state index in [0.29, 0.717) is 0 Å². The molecule has 1 amide bonds. The summed E-state index contributed by atoms with van der Waals surface area (Å²) in [6, 6.07) is 6.65. The summed E-state index contributed by atoms with van der Waals surface area (Å²) in [6.07, 6.45) is -5.25. The predicted molar refractivity (Wildman–Crippen MR) is 81.4 cm³/mol. The van der Waals surface area contributed by atoms with Gasteiger partial charge in [-0.05, 0) is 12.1 Å². The Bertz CT molecular complexity index is 665. The van der Waals surface area contributed by atoms with Crippen LogP contribution in [-0.2, 0) is 19.0 Å². The standard InChI is InChI=1S/C14H19NO8S/c1-24(20,21)23-12-10(14(19)22-9(7-16)11(12)17)15-13(18)8-5-3-2-4-6-8/h2-6,9-12,14,16-17,19H,7H2,1H3,(H,15,18)/t9-,10-,11-,12-,14?/m1/s1. The van der Waals surface area contributed by atoms with Gasteiger partial charge >= 0.3 is 0 Å². The Morgan fingerprint density at radius 1 is 1.29 bits per heavy atom. The third-order valence-corrected chi connectivity index (χ3v) is 4.06. The van der Waals surface area contributed by atoms with Gasteiger partial charge in [0.2, 0.25) is 0 Å². The number of carbonyl (C=O) groups is 1. The maximum atomic E-state index is 12.2. The zero-order chi connectivity index (χ0) is 17.9. The number of aliphatic hydroxyl groups excluding tert-OH is 3. The molecule has 1 saturated heterocycles. The van der Waals surface area contributed by atoms with Gasteiger partial charge in [0.25, 0.3) is 16.0 Å². The normalized spacial score (nSPS) is 30.8. The van der Waals surface area contributed by atoms with E-state index < -0.39 is 53.3 Å². The minimum atomic E-state index is -4.00. The van der Waals surface area contributed by atoms with Crippen molar-refractivity contribution in [2.45, 2.75) is 30.6 Å². The Morgan fingerprint density at radius 3 is 2.46 bits per heavy atom. The highest BCUT2D eigenvalue weighted by molar-refractivity contribution is 7.86. The van der Waals surface area contributed by atoms with Crippen LogP contribution in [0.4, 0.5) is 0 Å². The molecule has 24 heavy (non-hydrogen) atoms. The van der Waals surface area contributed by atoms with Crippen LogP contribution < -0.4 is 5.32 Å². The fraction of sp³-hybridized carbons (Fsp3) is 0.500. The molecule has 2 rings (SSSR count). The lowest BCUT2D eigenvalue weighted by Gasteiger charge is -2.41. The Kier molecular flexibility index (Phi) is 5.91. The number of hydrogen-bond donors (Lipinski definition) is 4. The molecule has 0 spiro atoms. The minimum absolute atomic E-state index is 0.265. The summed E-state index contributed by atoms with van der Waals surface area (Å²) in [5, 5.41) is 31.7. The highest BCUT2D eigenvalue weighted by Crippen LogP contribution is 2.24. The summed E-state index contributed by atoms with van der Waals surface area (Å²) in [6.45, 7) is -0.665. The maximum Gasteiger partial charge on any atom is 0.264 e. The Hall–Kier alpha value is -1.56. The second-order valence-corrected chi connectivity index (χ2v) is 6.97. The van der Waals surface area contributed by atoms with Crippen LogP contribution in [0.25, 0.3) is 0 Å². The molecule has 1 unspecified atom stereocenters. The Labute approximate surface area is 139 Å². The van der Waals surface area contributed by atoms with Crippen LogP contribution in [-0.4, -0.2) is 73.2 Å². The van der Waals surface area contributed by atoms with E-state index >= 15 is 0 Å². The summed E-state index contributed by atoms with van der Waals surface area (Å²) < 4.78 is 32.6. The molecule has 10 heteroatoms. The van der Waals surface area contributed by atoms with Crippen molar-refractivity contribution in [2.24, 2.45) is 0 Å². The molecule has 1 aliphatic rings. The summed E-state index contributed by atoms with van der Waals surface area (Å²) in [5.74, 6) is -0.611. The average molecular weight is 361 g/mol. The van der Waals surface area contributed by atoms with Gasteiger partial charge in [-0.2, -0.15) is 8.42 Å². The SMILES string of the molecule is CS(=O)(=O)O[C@H]1[C@H](O)[C@@H](CO)OC(O)[C@@H]1NC(=O)c1ccccc1. The predicted octanol–water partition coefficient (Wildman–Crippen LogP) is -1.80. The second kappa shape index (κ2) is 7.55. The number of hydrogen-bond acceptors (Lipinski definition) is 8. The first-order valence-corrected chi connectivity index (χ1v) is 8.91. The van der Waals surface area contributed by atoms with E-state index in [1.807, 2.05) is 0 Å². The molecule has 0 saturated carbocycles. The zero-order valence-corrected chi connectivity index (χ0v) is 13.6. The van der Waals surface area contributed by atoms with Crippen LogP contribution in [0.2, 0.25) is 0 Å². The Balaban J connectivity index is 2.24. The van der Waals surface area contributed by atoms with Gasteiger partial charge in [0.05, 0.1) is 12.9 Å². The van der Waals surface area contributed by atoms with Crippen molar-refractivity contribution >= 4 is 16.0 Å². The summed E-state index contributed by atoms with van der Waals surface area (Å²) in [7, 11) is -4.00. The topological polar surface area (TPSA) is 142 Å². The fourth-order valence-electron chi connectivity index (χ4n) is 2.38. The van der Waals surface area contributed by atoms with Gasteiger partial charge in [-0.25, -0.2) is 0 Å². The fourth-order valence-corrected chi connectivity index (χ4v) is 3.01. The number of rotatable bonds is 5. The average Bonchev–Trinajstić information content (AvgIpc) is 2.53. The van der Waals surface area contributed by atoms with Gasteiger partial charge in [0, 0.05) is 5.56 Å². The Morgan fingerprint density at radius 2 is 1.92 bits per heavy atom. The monoisotopic (exact) mass is 361 g/mol. The molecule has 1 aliphatic heterocycles. The molecule has 0 aromatic heterocycles. The van der Waals surface area contributed by atoms with Gasteiger partial charge in [-0.15, -0.1) is 0 Å². The van der Waals surface area contributed by atoms with E-state index in [1.165, 1.54) is 12.1 Å². The molecular formula is C14H19NO8S. The molecule has 1 aromatic rings. The first-order chi connectivity index (χ1) is 11.2. The van der Waals surface area contributed by atoms with Gasteiger partial charge in [0.15, 0.2) is 6.29 Å². The zero-order valence-electron chi connectivity index (χ0n) is 12.8. The van der Waals surface area contributed by atoms with Crippen LogP contribution in [0.3, 0.4) is 0 Å². The lowest BCUT2D eigenvalue weighted by Crippen LogP contribution is -2.65. The van der Waals surface area contributed by atoms with Crippen molar-refractivity contribution in [2.75, 3.05) is 12.9 Å². The third-order valence-electron chi connectivity index (χ3n) is 3.49. The lowest BCUT2D eigenvalue weighted by atomic mass is 9.97. The van der Waals surface area contributed by atoms with Gasteiger partial charge < -0.3 is 25.4 Å². The second-order valence-electron chi connectivity index (χ2n) is 5.37. The van der Waals surface area contributed by atoms with Crippen LogP contribution in [0, 0.1) is 0 Å². The van der Waals surface area contributed by atoms with Crippen LogP contribution in [0.15, 0.2) is 30.3 Å². The summed E-state index contributed by atoms with van der Waals surface area (Å²) in [4.78, 5) is 12.2. The van der Waals surface area contributed by atoms with Crippen LogP contribution in [0.1, 0.15) is 10.4 Å². The van der Waals surface area contributed by atoms with Crippen molar-refractivity contribution in [3.63, 3.8) is 0 Å². The van der Waals surface area contributed by atoms with E-state index in [9.17, 15) is 23.4 Å². The molecule has 0 bridgehead atoms. The van der Waals surface area contributed by atoms with Crippen molar-refractivity contribution in [3.05, 3.63) is 35.9 Å².